The predicted molar refractivity (Wildman–Crippen MR) is 52.7 cm³/mol. The molecule has 1 rings (SSSR count). The van der Waals surface area contributed by atoms with Crippen molar-refractivity contribution in [3.05, 3.63) is 35.1 Å². The number of halogens is 2. The maximum absolute atomic E-state index is 5.81. The van der Waals surface area contributed by atoms with Crippen LogP contribution in [0.5, 0.6) is 0 Å². The molecule has 0 fully saturated rings. The minimum Gasteiger partial charge on any atom is -0.379 e. The average molecular weight is 203 g/mol. The summed E-state index contributed by atoms with van der Waals surface area (Å²) in [5, 5.41) is 4.13. The Morgan fingerprint density at radius 1 is 1.67 bits per heavy atom. The average Bonchev–Trinajstić information content (AvgIpc) is 2.03. The van der Waals surface area contributed by atoms with E-state index in [0.29, 0.717) is 16.6 Å². The van der Waals surface area contributed by atoms with Gasteiger partial charge in [0.15, 0.2) is 0 Å². The summed E-state index contributed by atoms with van der Waals surface area (Å²) in [6.07, 6.45) is 3.23. The van der Waals surface area contributed by atoms with Crippen molar-refractivity contribution >= 4 is 28.9 Å². The van der Waals surface area contributed by atoms with Crippen molar-refractivity contribution < 1.29 is 0 Å². The minimum absolute atomic E-state index is 0.505. The summed E-state index contributed by atoms with van der Waals surface area (Å²) in [5.74, 6) is 0. The van der Waals surface area contributed by atoms with Crippen LogP contribution in [0.2, 0.25) is 5.02 Å². The Labute approximate surface area is 81.2 Å². The molecule has 12 heavy (non-hydrogen) atoms. The standard InChI is InChI=1S/C8H8Cl2N2/c1-6(9)4-12-8-2-3-11-5-7(8)10/h2-3,5H,1,4H2,(H,11,12). The molecule has 0 aliphatic rings. The normalized spacial score (nSPS) is 9.50. The highest BCUT2D eigenvalue weighted by molar-refractivity contribution is 6.33. The van der Waals surface area contributed by atoms with E-state index < -0.39 is 0 Å². The van der Waals surface area contributed by atoms with Crippen LogP contribution in [-0.2, 0) is 0 Å². The van der Waals surface area contributed by atoms with Gasteiger partial charge in [0.2, 0.25) is 0 Å². The van der Waals surface area contributed by atoms with E-state index in [0.717, 1.165) is 5.69 Å². The van der Waals surface area contributed by atoms with Crippen LogP contribution in [-0.4, -0.2) is 11.5 Å². The summed E-state index contributed by atoms with van der Waals surface area (Å²) in [6, 6.07) is 1.78. The molecule has 2 nitrogen and oxygen atoms in total. The third kappa shape index (κ3) is 2.72. The molecule has 0 bridgehead atoms. The zero-order valence-corrected chi connectivity index (χ0v) is 7.86. The Hall–Kier alpha value is -0.730. The molecule has 0 aliphatic carbocycles. The molecular weight excluding hydrogens is 195 g/mol. The molecule has 0 aliphatic heterocycles. The second-order valence-corrected chi connectivity index (χ2v) is 3.17. The lowest BCUT2D eigenvalue weighted by molar-refractivity contribution is 1.27. The molecule has 0 atom stereocenters. The maximum Gasteiger partial charge on any atom is 0.0820 e. The van der Waals surface area contributed by atoms with E-state index in [4.69, 9.17) is 23.2 Å². The Bertz CT molecular complexity index is 286. The van der Waals surface area contributed by atoms with E-state index >= 15 is 0 Å². The summed E-state index contributed by atoms with van der Waals surface area (Å²) in [7, 11) is 0. The summed E-state index contributed by atoms with van der Waals surface area (Å²) in [6.45, 7) is 4.05. The summed E-state index contributed by atoms with van der Waals surface area (Å²) < 4.78 is 0. The number of anilines is 1. The summed E-state index contributed by atoms with van der Waals surface area (Å²) >= 11 is 11.4. The summed E-state index contributed by atoms with van der Waals surface area (Å²) in [5.41, 5.74) is 0.813. The van der Waals surface area contributed by atoms with E-state index in [-0.39, 0.29) is 0 Å². The third-order valence-corrected chi connectivity index (χ3v) is 1.68. The first-order valence-electron chi connectivity index (χ1n) is 3.37. The molecule has 1 heterocycles. The van der Waals surface area contributed by atoms with E-state index in [1.165, 1.54) is 0 Å². The molecule has 0 amide bonds. The number of aromatic nitrogens is 1. The molecule has 64 valence electrons. The lowest BCUT2D eigenvalue weighted by atomic mass is 10.4. The van der Waals surface area contributed by atoms with Crippen LogP contribution in [0, 0.1) is 0 Å². The maximum atomic E-state index is 5.81. The quantitative estimate of drug-likeness (QED) is 0.816. The highest BCUT2D eigenvalue weighted by Gasteiger charge is 1.97. The van der Waals surface area contributed by atoms with Crippen LogP contribution in [0.1, 0.15) is 0 Å². The SMILES string of the molecule is C=C(Cl)CNc1ccncc1Cl. The van der Waals surface area contributed by atoms with Crippen molar-refractivity contribution in [1.29, 1.82) is 0 Å². The smallest absolute Gasteiger partial charge is 0.0820 e. The van der Waals surface area contributed by atoms with Gasteiger partial charge in [0.1, 0.15) is 0 Å². The second-order valence-electron chi connectivity index (χ2n) is 2.23. The van der Waals surface area contributed by atoms with Crippen molar-refractivity contribution in [1.82, 2.24) is 4.98 Å². The largest absolute Gasteiger partial charge is 0.379 e. The van der Waals surface area contributed by atoms with Crippen molar-refractivity contribution in [2.45, 2.75) is 0 Å². The minimum atomic E-state index is 0.505. The van der Waals surface area contributed by atoms with Gasteiger partial charge < -0.3 is 5.32 Å². The Kier molecular flexibility index (Phi) is 3.38. The fourth-order valence-electron chi connectivity index (χ4n) is 0.710. The number of hydrogen-bond donors (Lipinski definition) is 1. The first-order valence-corrected chi connectivity index (χ1v) is 4.12. The van der Waals surface area contributed by atoms with Crippen LogP contribution in [0.15, 0.2) is 30.1 Å². The van der Waals surface area contributed by atoms with Crippen molar-refractivity contribution in [2.24, 2.45) is 0 Å². The predicted octanol–water partition coefficient (Wildman–Crippen LogP) is 2.90. The van der Waals surface area contributed by atoms with E-state index in [2.05, 4.69) is 16.9 Å². The van der Waals surface area contributed by atoms with E-state index in [9.17, 15) is 0 Å². The Morgan fingerprint density at radius 3 is 3.00 bits per heavy atom. The lowest BCUT2D eigenvalue weighted by Crippen LogP contribution is -2.01. The van der Waals surface area contributed by atoms with Gasteiger partial charge >= 0.3 is 0 Å². The van der Waals surface area contributed by atoms with Gasteiger partial charge in [-0.05, 0) is 6.07 Å². The molecule has 1 aromatic heterocycles. The molecular formula is C8H8Cl2N2. The van der Waals surface area contributed by atoms with Crippen molar-refractivity contribution in [3.8, 4) is 0 Å². The van der Waals surface area contributed by atoms with Crippen molar-refractivity contribution in [2.75, 3.05) is 11.9 Å². The van der Waals surface area contributed by atoms with Crippen molar-refractivity contribution in [3.63, 3.8) is 0 Å². The lowest BCUT2D eigenvalue weighted by Gasteiger charge is -2.05. The zero-order chi connectivity index (χ0) is 8.97. The number of pyridine rings is 1. The van der Waals surface area contributed by atoms with Gasteiger partial charge in [-0.25, -0.2) is 0 Å². The topological polar surface area (TPSA) is 24.9 Å². The Balaban J connectivity index is 2.63. The number of hydrogen-bond acceptors (Lipinski definition) is 2. The van der Waals surface area contributed by atoms with E-state index in [1.807, 2.05) is 0 Å². The summed E-state index contributed by atoms with van der Waals surface area (Å²) in [4.78, 5) is 3.84. The van der Waals surface area contributed by atoms with Gasteiger partial charge in [-0.15, -0.1) is 0 Å². The van der Waals surface area contributed by atoms with Crippen LogP contribution in [0.25, 0.3) is 0 Å². The van der Waals surface area contributed by atoms with Crippen LogP contribution >= 0.6 is 23.2 Å². The molecule has 0 spiro atoms. The van der Waals surface area contributed by atoms with Crippen LogP contribution in [0.4, 0.5) is 5.69 Å². The van der Waals surface area contributed by atoms with Crippen LogP contribution in [0.3, 0.4) is 0 Å². The monoisotopic (exact) mass is 202 g/mol. The van der Waals surface area contributed by atoms with Gasteiger partial charge in [-0.1, -0.05) is 29.8 Å². The van der Waals surface area contributed by atoms with Crippen LogP contribution < -0.4 is 5.32 Å². The van der Waals surface area contributed by atoms with Gasteiger partial charge in [0.25, 0.3) is 0 Å². The van der Waals surface area contributed by atoms with Gasteiger partial charge in [0, 0.05) is 17.4 Å². The molecule has 0 aromatic carbocycles. The molecule has 0 saturated heterocycles. The number of rotatable bonds is 3. The first-order chi connectivity index (χ1) is 5.70. The fraction of sp³-hybridized carbons (Fsp3) is 0.125. The number of nitrogens with one attached hydrogen (secondary N) is 1. The third-order valence-electron chi connectivity index (χ3n) is 1.24. The zero-order valence-electron chi connectivity index (χ0n) is 6.35. The molecule has 0 saturated carbocycles. The Morgan fingerprint density at radius 2 is 2.42 bits per heavy atom. The second kappa shape index (κ2) is 4.33. The fourth-order valence-corrected chi connectivity index (χ4v) is 0.963. The molecule has 4 heteroatoms. The van der Waals surface area contributed by atoms with Gasteiger partial charge in [-0.2, -0.15) is 0 Å². The van der Waals surface area contributed by atoms with Gasteiger partial charge in [-0.3, -0.25) is 4.98 Å². The highest BCUT2D eigenvalue weighted by Crippen LogP contribution is 2.19. The molecule has 0 unspecified atom stereocenters. The molecule has 1 aromatic rings. The molecule has 0 radical (unpaired) electrons. The van der Waals surface area contributed by atoms with E-state index in [1.54, 1.807) is 18.5 Å². The highest BCUT2D eigenvalue weighted by atomic mass is 35.5. The van der Waals surface area contributed by atoms with Gasteiger partial charge in [0.05, 0.1) is 17.3 Å². The number of nitrogens with zero attached hydrogens (tertiary/aromatic N) is 1. The molecule has 1 N–H and O–H groups in total. The first kappa shape index (κ1) is 9.36.